The van der Waals surface area contributed by atoms with Gasteiger partial charge in [-0.25, -0.2) is 9.37 Å². The highest BCUT2D eigenvalue weighted by Gasteiger charge is 2.30. The van der Waals surface area contributed by atoms with E-state index < -0.39 is 0 Å². The molecule has 1 aliphatic heterocycles. The number of anilines is 1. The number of nitrogens with zero attached hydrogens (tertiary/aromatic N) is 3. The molecule has 0 unspecified atom stereocenters. The van der Waals surface area contributed by atoms with Gasteiger partial charge in [-0.3, -0.25) is 4.79 Å². The van der Waals surface area contributed by atoms with Crippen LogP contribution in [0, 0.1) is 5.82 Å². The first-order valence-electron chi connectivity index (χ1n) is 8.72. The monoisotopic (exact) mass is 341 g/mol. The lowest BCUT2D eigenvalue weighted by molar-refractivity contribution is -0.132. The zero-order chi connectivity index (χ0) is 17.8. The summed E-state index contributed by atoms with van der Waals surface area (Å²) in [7, 11) is 3.91. The Bertz CT molecular complexity index is 747. The molecule has 1 aliphatic rings. The molecule has 0 spiro atoms. The summed E-state index contributed by atoms with van der Waals surface area (Å²) in [6.07, 6.45) is 4.53. The fourth-order valence-electron chi connectivity index (χ4n) is 3.38. The summed E-state index contributed by atoms with van der Waals surface area (Å²) in [5.74, 6) is 0.746. The molecule has 0 saturated carbocycles. The van der Waals surface area contributed by atoms with Gasteiger partial charge in [0.15, 0.2) is 0 Å². The van der Waals surface area contributed by atoms with Gasteiger partial charge in [-0.1, -0.05) is 18.2 Å². The number of pyridine rings is 1. The van der Waals surface area contributed by atoms with E-state index in [1.165, 1.54) is 6.07 Å². The molecule has 0 bridgehead atoms. The van der Waals surface area contributed by atoms with E-state index in [0.29, 0.717) is 18.4 Å². The number of carbonyl (C=O) groups is 1. The Balaban J connectivity index is 1.70. The Morgan fingerprint density at radius 1 is 1.32 bits per heavy atom. The molecule has 4 nitrogen and oxygen atoms in total. The molecule has 2 heterocycles. The lowest BCUT2D eigenvalue weighted by Crippen LogP contribution is -2.31. The highest BCUT2D eigenvalue weighted by atomic mass is 19.1. The molecule has 1 atom stereocenters. The second-order valence-electron chi connectivity index (χ2n) is 6.68. The van der Waals surface area contributed by atoms with Crippen LogP contribution in [0.25, 0.3) is 0 Å². The van der Waals surface area contributed by atoms with Crippen molar-refractivity contribution in [1.82, 2.24) is 9.88 Å². The number of amides is 1. The van der Waals surface area contributed by atoms with E-state index in [2.05, 4.69) is 4.98 Å². The number of likely N-dealkylation sites (tertiary alicyclic amines) is 1. The lowest BCUT2D eigenvalue weighted by atomic mass is 10.0. The quantitative estimate of drug-likeness (QED) is 0.834. The molecular weight excluding hydrogens is 317 g/mol. The SMILES string of the molecule is CN(C)c1cc([C@@H]2CCCN2C(=O)CCc2ccccc2F)ccn1. The van der Waals surface area contributed by atoms with Gasteiger partial charge in [-0.05, 0) is 48.6 Å². The number of carbonyl (C=O) groups excluding carboxylic acids is 1. The number of hydrogen-bond donors (Lipinski definition) is 0. The minimum atomic E-state index is -0.238. The van der Waals surface area contributed by atoms with Crippen molar-refractivity contribution in [1.29, 1.82) is 0 Å². The predicted octanol–water partition coefficient (Wildman–Crippen LogP) is 3.58. The average Bonchev–Trinajstić information content (AvgIpc) is 3.11. The van der Waals surface area contributed by atoms with Crippen LogP contribution in [-0.2, 0) is 11.2 Å². The highest BCUT2D eigenvalue weighted by Crippen LogP contribution is 2.33. The molecule has 25 heavy (non-hydrogen) atoms. The third-order valence-corrected chi connectivity index (χ3v) is 4.75. The molecule has 3 rings (SSSR count). The van der Waals surface area contributed by atoms with E-state index in [9.17, 15) is 9.18 Å². The average molecular weight is 341 g/mol. The summed E-state index contributed by atoms with van der Waals surface area (Å²) in [5, 5.41) is 0. The van der Waals surface area contributed by atoms with Gasteiger partial charge < -0.3 is 9.80 Å². The van der Waals surface area contributed by atoms with Crippen molar-refractivity contribution in [2.45, 2.75) is 31.7 Å². The minimum absolute atomic E-state index is 0.0916. The van der Waals surface area contributed by atoms with Crippen molar-refractivity contribution in [2.24, 2.45) is 0 Å². The van der Waals surface area contributed by atoms with Crippen LogP contribution in [0.2, 0.25) is 0 Å². The third-order valence-electron chi connectivity index (χ3n) is 4.75. The molecule has 1 aromatic carbocycles. The Kier molecular flexibility index (Phi) is 5.31. The van der Waals surface area contributed by atoms with Gasteiger partial charge in [0, 0.05) is 33.3 Å². The van der Waals surface area contributed by atoms with Crippen LogP contribution in [0.15, 0.2) is 42.6 Å². The van der Waals surface area contributed by atoms with Crippen LogP contribution in [0.4, 0.5) is 10.2 Å². The molecule has 1 fully saturated rings. The molecule has 0 N–H and O–H groups in total. The normalized spacial score (nSPS) is 16.9. The number of benzene rings is 1. The molecule has 132 valence electrons. The van der Waals surface area contributed by atoms with E-state index in [1.807, 2.05) is 36.0 Å². The van der Waals surface area contributed by atoms with E-state index in [0.717, 1.165) is 30.8 Å². The van der Waals surface area contributed by atoms with Crippen LogP contribution in [-0.4, -0.2) is 36.4 Å². The number of hydrogen-bond acceptors (Lipinski definition) is 3. The molecule has 1 aromatic heterocycles. The van der Waals surface area contributed by atoms with Crippen LogP contribution in [0.3, 0.4) is 0 Å². The second kappa shape index (κ2) is 7.64. The van der Waals surface area contributed by atoms with Crippen molar-refractivity contribution < 1.29 is 9.18 Å². The van der Waals surface area contributed by atoms with E-state index in [-0.39, 0.29) is 17.8 Å². The number of halogens is 1. The molecule has 2 aromatic rings. The summed E-state index contributed by atoms with van der Waals surface area (Å²) in [4.78, 5) is 21.0. The molecular formula is C20H24FN3O. The van der Waals surface area contributed by atoms with E-state index in [4.69, 9.17) is 0 Å². The van der Waals surface area contributed by atoms with Crippen LogP contribution < -0.4 is 4.90 Å². The number of aromatic nitrogens is 1. The Hall–Kier alpha value is -2.43. The first-order valence-corrected chi connectivity index (χ1v) is 8.72. The van der Waals surface area contributed by atoms with Crippen molar-refractivity contribution in [3.63, 3.8) is 0 Å². The van der Waals surface area contributed by atoms with Gasteiger partial charge in [0.25, 0.3) is 0 Å². The zero-order valence-electron chi connectivity index (χ0n) is 14.8. The molecule has 0 radical (unpaired) electrons. The summed E-state index contributed by atoms with van der Waals surface area (Å²) < 4.78 is 13.7. The third kappa shape index (κ3) is 3.98. The molecule has 1 saturated heterocycles. The predicted molar refractivity (Wildman–Crippen MR) is 97.0 cm³/mol. The maximum Gasteiger partial charge on any atom is 0.223 e. The van der Waals surface area contributed by atoms with Gasteiger partial charge in [0.2, 0.25) is 5.91 Å². The summed E-state index contributed by atoms with van der Waals surface area (Å²) in [6, 6.07) is 10.8. The maximum atomic E-state index is 13.7. The Morgan fingerprint density at radius 2 is 2.12 bits per heavy atom. The summed E-state index contributed by atoms with van der Waals surface area (Å²) in [5.41, 5.74) is 1.72. The summed E-state index contributed by atoms with van der Waals surface area (Å²) in [6.45, 7) is 0.764. The smallest absolute Gasteiger partial charge is 0.223 e. The van der Waals surface area contributed by atoms with Gasteiger partial charge in [-0.15, -0.1) is 0 Å². The second-order valence-corrected chi connectivity index (χ2v) is 6.68. The van der Waals surface area contributed by atoms with Crippen LogP contribution in [0.5, 0.6) is 0 Å². The van der Waals surface area contributed by atoms with E-state index in [1.54, 1.807) is 24.4 Å². The van der Waals surface area contributed by atoms with Gasteiger partial charge in [0.05, 0.1) is 6.04 Å². The number of aryl methyl sites for hydroxylation is 1. The van der Waals surface area contributed by atoms with Gasteiger partial charge in [-0.2, -0.15) is 0 Å². The molecule has 5 heteroatoms. The van der Waals surface area contributed by atoms with Gasteiger partial charge in [0.1, 0.15) is 11.6 Å². The number of rotatable bonds is 5. The van der Waals surface area contributed by atoms with Crippen molar-refractivity contribution >= 4 is 11.7 Å². The van der Waals surface area contributed by atoms with Crippen LogP contribution >= 0.6 is 0 Å². The standard InChI is InChI=1S/C20H24FN3O/c1-23(2)19-14-16(11-12-22-19)18-8-5-13-24(18)20(25)10-9-15-6-3-4-7-17(15)21/h3-4,6-7,11-12,14,18H,5,8-10,13H2,1-2H3/t18-/m0/s1. The van der Waals surface area contributed by atoms with Crippen molar-refractivity contribution in [2.75, 3.05) is 25.5 Å². The fourth-order valence-corrected chi connectivity index (χ4v) is 3.38. The lowest BCUT2D eigenvalue weighted by Gasteiger charge is -2.26. The Morgan fingerprint density at radius 3 is 2.88 bits per heavy atom. The first-order chi connectivity index (χ1) is 12.1. The van der Waals surface area contributed by atoms with Crippen molar-refractivity contribution in [3.05, 3.63) is 59.5 Å². The van der Waals surface area contributed by atoms with E-state index >= 15 is 0 Å². The van der Waals surface area contributed by atoms with Crippen LogP contribution in [0.1, 0.15) is 36.4 Å². The van der Waals surface area contributed by atoms with Crippen molar-refractivity contribution in [3.8, 4) is 0 Å². The zero-order valence-corrected chi connectivity index (χ0v) is 14.8. The highest BCUT2D eigenvalue weighted by molar-refractivity contribution is 5.77. The fraction of sp³-hybridized carbons (Fsp3) is 0.400. The van der Waals surface area contributed by atoms with Gasteiger partial charge >= 0.3 is 0 Å². The topological polar surface area (TPSA) is 36.4 Å². The largest absolute Gasteiger partial charge is 0.363 e. The molecule has 1 amide bonds. The molecule has 0 aliphatic carbocycles. The Labute approximate surface area is 148 Å². The maximum absolute atomic E-state index is 13.7. The summed E-state index contributed by atoms with van der Waals surface area (Å²) >= 11 is 0. The minimum Gasteiger partial charge on any atom is -0.363 e. The first kappa shape index (κ1) is 17.4.